The number of hydrogen-bond donors (Lipinski definition) is 1. The van der Waals surface area contributed by atoms with Crippen molar-refractivity contribution in [3.63, 3.8) is 0 Å². The first-order valence-corrected chi connectivity index (χ1v) is 11.3. The van der Waals surface area contributed by atoms with Crippen LogP contribution in [0.25, 0.3) is 10.4 Å². The lowest BCUT2D eigenvalue weighted by Crippen LogP contribution is -2.43. The second-order valence-corrected chi connectivity index (χ2v) is 9.50. The number of benzene rings is 2. The summed E-state index contributed by atoms with van der Waals surface area (Å²) in [4.78, 5) is 2.28. The summed E-state index contributed by atoms with van der Waals surface area (Å²) in [7, 11) is 1.68. The van der Waals surface area contributed by atoms with E-state index in [1.54, 1.807) is 30.6 Å². The van der Waals surface area contributed by atoms with E-state index in [2.05, 4.69) is 18.2 Å². The molecule has 2 aromatic carbocycles. The standard InChI is InChI=1S/C25H25FO4S/c1-15-9-20(27)13-25(30-15)22-11-17(23(28-2)12-18(22)14-29-25)10-21-7-8-24(31-21)16-3-5-19(26)6-4-16/h3-8,11-12,15,20,27H,9-10,13-14H2,1-2H3/t15?,20?,25-/m1/s1. The highest BCUT2D eigenvalue weighted by Gasteiger charge is 2.47. The minimum atomic E-state index is -0.887. The van der Waals surface area contributed by atoms with Gasteiger partial charge in [-0.1, -0.05) is 12.1 Å². The van der Waals surface area contributed by atoms with E-state index in [1.807, 2.05) is 13.0 Å². The zero-order chi connectivity index (χ0) is 21.6. The van der Waals surface area contributed by atoms with Crippen molar-refractivity contribution in [2.24, 2.45) is 0 Å². The fourth-order valence-electron chi connectivity index (χ4n) is 4.64. The number of ether oxygens (including phenoxy) is 3. The molecular formula is C25H25FO4S. The van der Waals surface area contributed by atoms with Crippen molar-refractivity contribution < 1.29 is 23.7 Å². The second-order valence-electron chi connectivity index (χ2n) is 8.33. The number of hydrogen-bond acceptors (Lipinski definition) is 5. The summed E-state index contributed by atoms with van der Waals surface area (Å²) in [5.41, 5.74) is 4.09. The Kier molecular flexibility index (Phi) is 5.34. The molecule has 31 heavy (non-hydrogen) atoms. The topological polar surface area (TPSA) is 47.9 Å². The first-order valence-electron chi connectivity index (χ1n) is 10.5. The minimum Gasteiger partial charge on any atom is -0.496 e. The molecule has 162 valence electrons. The van der Waals surface area contributed by atoms with Gasteiger partial charge < -0.3 is 19.3 Å². The van der Waals surface area contributed by atoms with Crippen LogP contribution in [0.5, 0.6) is 5.75 Å². The fraction of sp³-hybridized carbons (Fsp3) is 0.360. The van der Waals surface area contributed by atoms with E-state index in [-0.39, 0.29) is 11.9 Å². The Morgan fingerprint density at radius 3 is 2.74 bits per heavy atom. The quantitative estimate of drug-likeness (QED) is 0.590. The van der Waals surface area contributed by atoms with Gasteiger partial charge in [0.1, 0.15) is 11.6 Å². The third-order valence-corrected chi connectivity index (χ3v) is 7.17. The van der Waals surface area contributed by atoms with Crippen LogP contribution in [0.3, 0.4) is 0 Å². The second kappa shape index (κ2) is 8.02. The lowest BCUT2D eigenvalue weighted by atomic mass is 9.90. The fourth-order valence-corrected chi connectivity index (χ4v) is 5.67. The smallest absolute Gasteiger partial charge is 0.198 e. The molecule has 4 nitrogen and oxygen atoms in total. The largest absolute Gasteiger partial charge is 0.496 e. The first kappa shape index (κ1) is 20.6. The van der Waals surface area contributed by atoms with Gasteiger partial charge in [0.15, 0.2) is 5.79 Å². The van der Waals surface area contributed by atoms with E-state index in [1.165, 1.54) is 17.0 Å². The molecule has 0 saturated carbocycles. The Balaban J connectivity index is 1.46. The zero-order valence-corrected chi connectivity index (χ0v) is 18.4. The third-order valence-electron chi connectivity index (χ3n) is 6.03. The highest BCUT2D eigenvalue weighted by Crippen LogP contribution is 2.47. The summed E-state index contributed by atoms with van der Waals surface area (Å²) in [6.07, 6.45) is 1.23. The number of halogens is 1. The van der Waals surface area contributed by atoms with Crippen molar-refractivity contribution in [1.29, 1.82) is 0 Å². The highest BCUT2D eigenvalue weighted by atomic mass is 32.1. The van der Waals surface area contributed by atoms with Crippen LogP contribution >= 0.6 is 11.3 Å². The van der Waals surface area contributed by atoms with Crippen LogP contribution in [0.2, 0.25) is 0 Å². The Bertz CT molecular complexity index is 1080. The van der Waals surface area contributed by atoms with Crippen molar-refractivity contribution in [1.82, 2.24) is 0 Å². The maximum Gasteiger partial charge on any atom is 0.198 e. The van der Waals surface area contributed by atoms with E-state index in [9.17, 15) is 9.50 Å². The molecule has 1 saturated heterocycles. The predicted octanol–water partition coefficient (Wildman–Crippen LogP) is 5.40. The molecule has 3 heterocycles. The number of aliphatic hydroxyl groups is 1. The van der Waals surface area contributed by atoms with Gasteiger partial charge in [0.05, 0.1) is 25.9 Å². The molecule has 0 amide bonds. The zero-order valence-electron chi connectivity index (χ0n) is 17.6. The van der Waals surface area contributed by atoms with Crippen LogP contribution in [-0.2, 0) is 28.3 Å². The first-order chi connectivity index (χ1) is 15.0. The molecule has 1 aromatic heterocycles. The van der Waals surface area contributed by atoms with E-state index in [0.29, 0.717) is 25.9 Å². The lowest BCUT2D eigenvalue weighted by Gasteiger charge is -2.39. The summed E-state index contributed by atoms with van der Waals surface area (Å²) >= 11 is 1.69. The number of fused-ring (bicyclic) bond motifs is 2. The van der Waals surface area contributed by atoms with Crippen molar-refractivity contribution in [2.75, 3.05) is 7.11 Å². The summed E-state index contributed by atoms with van der Waals surface area (Å²) in [6.45, 7) is 2.41. The minimum absolute atomic E-state index is 0.0733. The van der Waals surface area contributed by atoms with Crippen LogP contribution in [0.15, 0.2) is 48.5 Å². The molecule has 5 rings (SSSR count). The van der Waals surface area contributed by atoms with Crippen LogP contribution in [0.4, 0.5) is 4.39 Å². The van der Waals surface area contributed by atoms with Crippen molar-refractivity contribution in [2.45, 2.75) is 50.8 Å². The van der Waals surface area contributed by atoms with Crippen molar-refractivity contribution in [3.8, 4) is 16.2 Å². The molecule has 0 radical (unpaired) electrons. The summed E-state index contributed by atoms with van der Waals surface area (Å²) < 4.78 is 31.3. The van der Waals surface area contributed by atoms with Gasteiger partial charge >= 0.3 is 0 Å². The number of thiophene rings is 1. The Morgan fingerprint density at radius 1 is 1.19 bits per heavy atom. The van der Waals surface area contributed by atoms with Gasteiger partial charge in [-0.2, -0.15) is 0 Å². The van der Waals surface area contributed by atoms with Gasteiger partial charge in [0.25, 0.3) is 0 Å². The van der Waals surface area contributed by atoms with E-state index in [0.717, 1.165) is 32.9 Å². The van der Waals surface area contributed by atoms with Gasteiger partial charge in [0, 0.05) is 28.2 Å². The lowest BCUT2D eigenvalue weighted by molar-refractivity contribution is -0.295. The van der Waals surface area contributed by atoms with Crippen molar-refractivity contribution >= 4 is 11.3 Å². The number of rotatable bonds is 4. The molecule has 1 fully saturated rings. The SMILES string of the molecule is COc1cc2c(cc1Cc1ccc(-c3ccc(F)cc3)s1)[C@]1(CC(O)CC(C)O1)OC2. The Hall–Kier alpha value is -2.25. The monoisotopic (exact) mass is 440 g/mol. The molecular weight excluding hydrogens is 415 g/mol. The highest BCUT2D eigenvalue weighted by molar-refractivity contribution is 7.15. The van der Waals surface area contributed by atoms with Crippen LogP contribution in [0.1, 0.15) is 41.3 Å². The maximum absolute atomic E-state index is 13.2. The van der Waals surface area contributed by atoms with Gasteiger partial charge in [-0.25, -0.2) is 4.39 Å². The third kappa shape index (κ3) is 3.89. The van der Waals surface area contributed by atoms with E-state index in [4.69, 9.17) is 14.2 Å². The molecule has 1 N–H and O–H groups in total. The summed E-state index contributed by atoms with van der Waals surface area (Å²) in [5, 5.41) is 10.4. The van der Waals surface area contributed by atoms with Gasteiger partial charge in [-0.3, -0.25) is 0 Å². The molecule has 2 aliphatic heterocycles. The van der Waals surface area contributed by atoms with Crippen LogP contribution in [0, 0.1) is 5.82 Å². The molecule has 1 spiro atoms. The van der Waals surface area contributed by atoms with Gasteiger partial charge in [0.2, 0.25) is 0 Å². The molecule has 3 atom stereocenters. The molecule has 0 bridgehead atoms. The summed E-state index contributed by atoms with van der Waals surface area (Å²) in [5.74, 6) is -0.299. The van der Waals surface area contributed by atoms with Crippen LogP contribution in [-0.4, -0.2) is 24.4 Å². The Labute approximate surface area is 185 Å². The average Bonchev–Trinajstić information content (AvgIpc) is 3.33. The maximum atomic E-state index is 13.2. The molecule has 3 aromatic rings. The molecule has 2 aliphatic rings. The van der Waals surface area contributed by atoms with Crippen LogP contribution < -0.4 is 4.74 Å². The average molecular weight is 441 g/mol. The molecule has 0 aliphatic carbocycles. The van der Waals surface area contributed by atoms with Gasteiger partial charge in [-0.05, 0) is 66.4 Å². The number of methoxy groups -OCH3 is 1. The molecule has 2 unspecified atom stereocenters. The van der Waals surface area contributed by atoms with E-state index >= 15 is 0 Å². The number of aliphatic hydroxyl groups excluding tert-OH is 1. The normalized spacial score (nSPS) is 25.0. The van der Waals surface area contributed by atoms with E-state index < -0.39 is 11.9 Å². The van der Waals surface area contributed by atoms with Gasteiger partial charge in [-0.15, -0.1) is 11.3 Å². The Morgan fingerprint density at radius 2 is 2.00 bits per heavy atom. The summed E-state index contributed by atoms with van der Waals surface area (Å²) in [6, 6.07) is 14.9. The molecule has 6 heteroatoms. The predicted molar refractivity (Wildman–Crippen MR) is 118 cm³/mol. The van der Waals surface area contributed by atoms with Crippen molar-refractivity contribution in [3.05, 3.63) is 75.9 Å².